The van der Waals surface area contributed by atoms with Gasteiger partial charge < -0.3 is 15.6 Å². The quantitative estimate of drug-likeness (QED) is 0.765. The summed E-state index contributed by atoms with van der Waals surface area (Å²) < 4.78 is 5.42. The highest BCUT2D eigenvalue weighted by atomic mass is 16.5. The first-order valence-electron chi connectivity index (χ1n) is 5.33. The summed E-state index contributed by atoms with van der Waals surface area (Å²) in [7, 11) is 0. The number of rotatable bonds is 6. The van der Waals surface area contributed by atoms with Crippen molar-refractivity contribution in [1.29, 1.82) is 0 Å². The van der Waals surface area contributed by atoms with Gasteiger partial charge in [-0.05, 0) is 30.5 Å². The van der Waals surface area contributed by atoms with E-state index >= 15 is 0 Å². The Hall–Kier alpha value is -1.55. The van der Waals surface area contributed by atoms with Crippen molar-refractivity contribution in [3.05, 3.63) is 29.8 Å². The Morgan fingerprint density at radius 2 is 2.06 bits per heavy atom. The summed E-state index contributed by atoms with van der Waals surface area (Å²) in [5.74, 6) is -0.180. The van der Waals surface area contributed by atoms with Crippen LogP contribution in [0.3, 0.4) is 0 Å². The molecule has 1 rings (SSSR count). The predicted octanol–water partition coefficient (Wildman–Crippen LogP) is 1.43. The third kappa shape index (κ3) is 3.90. The third-order valence-corrected chi connectivity index (χ3v) is 2.17. The van der Waals surface area contributed by atoms with E-state index in [4.69, 9.17) is 15.6 Å². The third-order valence-electron chi connectivity index (χ3n) is 2.17. The fourth-order valence-electron chi connectivity index (χ4n) is 1.28. The zero-order valence-electron chi connectivity index (χ0n) is 9.35. The Morgan fingerprint density at radius 3 is 2.56 bits per heavy atom. The second kappa shape index (κ2) is 6.12. The fourth-order valence-corrected chi connectivity index (χ4v) is 1.28. The van der Waals surface area contributed by atoms with Crippen molar-refractivity contribution >= 4 is 5.97 Å². The molecule has 4 heteroatoms. The molecule has 0 aliphatic heterocycles. The van der Waals surface area contributed by atoms with E-state index < -0.39 is 12.0 Å². The zero-order valence-corrected chi connectivity index (χ0v) is 9.35. The molecule has 0 bridgehead atoms. The van der Waals surface area contributed by atoms with Gasteiger partial charge in [-0.3, -0.25) is 4.79 Å². The summed E-state index contributed by atoms with van der Waals surface area (Å²) in [4.78, 5) is 10.6. The van der Waals surface area contributed by atoms with Crippen LogP contribution in [0, 0.1) is 0 Å². The lowest BCUT2D eigenvalue weighted by molar-refractivity contribution is -0.138. The summed E-state index contributed by atoms with van der Waals surface area (Å²) in [6.07, 6.45) is 1.30. The second-order valence-corrected chi connectivity index (χ2v) is 3.64. The number of carbonyl (C=O) groups is 1. The lowest BCUT2D eigenvalue weighted by atomic mass is 10.1. The minimum Gasteiger partial charge on any atom is -0.494 e. The van der Waals surface area contributed by atoms with Gasteiger partial charge in [-0.2, -0.15) is 0 Å². The van der Waals surface area contributed by atoms with Crippen LogP contribution in [0.15, 0.2) is 24.3 Å². The topological polar surface area (TPSA) is 72.5 Å². The SMILES string of the molecule is CCCOc1ccc(C[C@H](N)C(=O)O)cc1. The number of aliphatic carboxylic acids is 1. The number of ether oxygens (including phenoxy) is 1. The van der Waals surface area contributed by atoms with Crippen LogP contribution < -0.4 is 10.5 Å². The van der Waals surface area contributed by atoms with Crippen molar-refractivity contribution in [2.24, 2.45) is 5.73 Å². The number of benzene rings is 1. The Morgan fingerprint density at radius 1 is 1.44 bits per heavy atom. The van der Waals surface area contributed by atoms with Crippen molar-refractivity contribution in [1.82, 2.24) is 0 Å². The molecule has 4 nitrogen and oxygen atoms in total. The van der Waals surface area contributed by atoms with Gasteiger partial charge in [0.05, 0.1) is 6.61 Å². The average molecular weight is 223 g/mol. The molecule has 0 fully saturated rings. The zero-order chi connectivity index (χ0) is 12.0. The average Bonchev–Trinajstić information content (AvgIpc) is 2.28. The minimum absolute atomic E-state index is 0.337. The molecular weight excluding hydrogens is 206 g/mol. The summed E-state index contributed by atoms with van der Waals surface area (Å²) in [5, 5.41) is 8.66. The molecule has 1 aromatic carbocycles. The van der Waals surface area contributed by atoms with Crippen LogP contribution in [-0.2, 0) is 11.2 Å². The van der Waals surface area contributed by atoms with Gasteiger partial charge in [0.2, 0.25) is 0 Å². The van der Waals surface area contributed by atoms with E-state index in [1.54, 1.807) is 0 Å². The Kier molecular flexibility index (Phi) is 4.79. The Labute approximate surface area is 95.0 Å². The van der Waals surface area contributed by atoms with Gasteiger partial charge in [0.25, 0.3) is 0 Å². The molecule has 0 aromatic heterocycles. The summed E-state index contributed by atoms with van der Waals surface area (Å²) in [6, 6.07) is 6.50. The summed E-state index contributed by atoms with van der Waals surface area (Å²) in [6.45, 7) is 2.73. The number of carboxylic acids is 1. The Balaban J connectivity index is 2.54. The van der Waals surface area contributed by atoms with Crippen LogP contribution in [0.2, 0.25) is 0 Å². The highest BCUT2D eigenvalue weighted by molar-refractivity contribution is 5.73. The monoisotopic (exact) mass is 223 g/mol. The van der Waals surface area contributed by atoms with Gasteiger partial charge in [-0.25, -0.2) is 0 Å². The van der Waals surface area contributed by atoms with Gasteiger partial charge in [0, 0.05) is 0 Å². The molecule has 0 spiro atoms. The molecule has 0 aliphatic rings. The van der Waals surface area contributed by atoms with E-state index in [1.807, 2.05) is 31.2 Å². The molecule has 1 atom stereocenters. The molecule has 0 amide bonds. The first-order valence-corrected chi connectivity index (χ1v) is 5.33. The van der Waals surface area contributed by atoms with Crippen LogP contribution in [0.25, 0.3) is 0 Å². The highest BCUT2D eigenvalue weighted by Crippen LogP contribution is 2.13. The first kappa shape index (κ1) is 12.5. The molecule has 0 aliphatic carbocycles. The highest BCUT2D eigenvalue weighted by Gasteiger charge is 2.11. The maximum absolute atomic E-state index is 10.6. The number of hydrogen-bond donors (Lipinski definition) is 2. The fraction of sp³-hybridized carbons (Fsp3) is 0.417. The molecule has 1 aromatic rings. The van der Waals surface area contributed by atoms with Crippen LogP contribution >= 0.6 is 0 Å². The summed E-state index contributed by atoms with van der Waals surface area (Å²) in [5.41, 5.74) is 6.34. The summed E-state index contributed by atoms with van der Waals surface area (Å²) >= 11 is 0. The number of carboxylic acid groups (broad SMARTS) is 1. The molecule has 0 radical (unpaired) electrons. The van der Waals surface area contributed by atoms with Crippen molar-refractivity contribution in [3.63, 3.8) is 0 Å². The predicted molar refractivity (Wildman–Crippen MR) is 61.5 cm³/mol. The van der Waals surface area contributed by atoms with E-state index in [-0.39, 0.29) is 0 Å². The maximum Gasteiger partial charge on any atom is 0.320 e. The largest absolute Gasteiger partial charge is 0.494 e. The van der Waals surface area contributed by atoms with E-state index in [0.717, 1.165) is 17.7 Å². The molecule has 88 valence electrons. The van der Waals surface area contributed by atoms with Gasteiger partial charge >= 0.3 is 5.97 Å². The van der Waals surface area contributed by atoms with Crippen LogP contribution in [0.4, 0.5) is 0 Å². The van der Waals surface area contributed by atoms with Crippen molar-refractivity contribution in [2.45, 2.75) is 25.8 Å². The van der Waals surface area contributed by atoms with Crippen LogP contribution in [-0.4, -0.2) is 23.7 Å². The molecular formula is C12H17NO3. The van der Waals surface area contributed by atoms with Crippen molar-refractivity contribution < 1.29 is 14.6 Å². The second-order valence-electron chi connectivity index (χ2n) is 3.64. The van der Waals surface area contributed by atoms with E-state index in [9.17, 15) is 4.79 Å². The lowest BCUT2D eigenvalue weighted by Crippen LogP contribution is -2.32. The Bertz CT molecular complexity index is 335. The van der Waals surface area contributed by atoms with Gasteiger partial charge in [-0.1, -0.05) is 19.1 Å². The number of hydrogen-bond acceptors (Lipinski definition) is 3. The van der Waals surface area contributed by atoms with E-state index in [1.165, 1.54) is 0 Å². The molecule has 0 unspecified atom stereocenters. The first-order chi connectivity index (χ1) is 7.63. The molecule has 16 heavy (non-hydrogen) atoms. The van der Waals surface area contributed by atoms with E-state index in [2.05, 4.69) is 0 Å². The lowest BCUT2D eigenvalue weighted by Gasteiger charge is -2.08. The molecule has 0 saturated heterocycles. The van der Waals surface area contributed by atoms with E-state index in [0.29, 0.717) is 13.0 Å². The smallest absolute Gasteiger partial charge is 0.320 e. The van der Waals surface area contributed by atoms with Crippen molar-refractivity contribution in [2.75, 3.05) is 6.61 Å². The standard InChI is InChI=1S/C12H17NO3/c1-2-7-16-10-5-3-9(4-6-10)8-11(13)12(14)15/h3-6,11H,2,7-8,13H2,1H3,(H,14,15)/t11-/m0/s1. The van der Waals surface area contributed by atoms with Gasteiger partial charge in [0.15, 0.2) is 0 Å². The molecule has 3 N–H and O–H groups in total. The van der Waals surface area contributed by atoms with Crippen molar-refractivity contribution in [3.8, 4) is 5.75 Å². The maximum atomic E-state index is 10.6. The molecule has 0 heterocycles. The van der Waals surface area contributed by atoms with Crippen LogP contribution in [0.1, 0.15) is 18.9 Å². The van der Waals surface area contributed by atoms with Gasteiger partial charge in [-0.15, -0.1) is 0 Å². The molecule has 0 saturated carbocycles. The van der Waals surface area contributed by atoms with Crippen LogP contribution in [0.5, 0.6) is 5.75 Å². The minimum atomic E-state index is -0.980. The number of nitrogens with two attached hydrogens (primary N) is 1. The normalized spacial score (nSPS) is 12.1. The van der Waals surface area contributed by atoms with Gasteiger partial charge in [0.1, 0.15) is 11.8 Å².